The summed E-state index contributed by atoms with van der Waals surface area (Å²) in [4.78, 5) is 9.13. The molecular formula is C17H20F3N3S. The molecule has 0 aliphatic carbocycles. The summed E-state index contributed by atoms with van der Waals surface area (Å²) in [5, 5.41) is 3.11. The molecule has 1 aromatic heterocycles. The lowest BCUT2D eigenvalue weighted by molar-refractivity contribution is -0.137. The molecule has 0 atom stereocenters. The van der Waals surface area contributed by atoms with Crippen molar-refractivity contribution in [2.75, 3.05) is 31.1 Å². The molecule has 24 heavy (non-hydrogen) atoms. The van der Waals surface area contributed by atoms with E-state index in [-0.39, 0.29) is 0 Å². The number of alkyl halides is 3. The molecule has 0 unspecified atom stereocenters. The Bertz CT molecular complexity index is 666. The molecule has 3 rings (SSSR count). The van der Waals surface area contributed by atoms with Crippen LogP contribution >= 0.6 is 11.3 Å². The fraction of sp³-hybridized carbons (Fsp3) is 0.471. The van der Waals surface area contributed by atoms with Crippen molar-refractivity contribution in [3.8, 4) is 0 Å². The van der Waals surface area contributed by atoms with E-state index in [0.29, 0.717) is 6.54 Å². The van der Waals surface area contributed by atoms with Crippen molar-refractivity contribution < 1.29 is 13.2 Å². The third-order valence-electron chi connectivity index (χ3n) is 4.15. The zero-order valence-corrected chi connectivity index (χ0v) is 14.3. The topological polar surface area (TPSA) is 19.4 Å². The number of anilines is 1. The lowest BCUT2D eigenvalue weighted by atomic mass is 10.1. The monoisotopic (exact) mass is 355 g/mol. The molecule has 0 saturated carbocycles. The van der Waals surface area contributed by atoms with E-state index in [0.717, 1.165) is 61.1 Å². The molecule has 7 heteroatoms. The summed E-state index contributed by atoms with van der Waals surface area (Å²) in [6.07, 6.45) is -3.24. The number of thiazole rings is 1. The average molecular weight is 355 g/mol. The van der Waals surface area contributed by atoms with Crippen LogP contribution < -0.4 is 4.90 Å². The largest absolute Gasteiger partial charge is 0.416 e. The van der Waals surface area contributed by atoms with E-state index in [1.807, 2.05) is 6.92 Å². The molecule has 1 aliphatic heterocycles. The highest BCUT2D eigenvalue weighted by molar-refractivity contribution is 7.13. The van der Waals surface area contributed by atoms with Gasteiger partial charge in [0.15, 0.2) is 5.13 Å². The number of hydrogen-bond acceptors (Lipinski definition) is 4. The van der Waals surface area contributed by atoms with Crippen molar-refractivity contribution in [3.63, 3.8) is 0 Å². The number of aromatic nitrogens is 1. The Balaban J connectivity index is 1.58. The maximum absolute atomic E-state index is 12.6. The first-order valence-electron chi connectivity index (χ1n) is 7.97. The fourth-order valence-electron chi connectivity index (χ4n) is 2.86. The van der Waals surface area contributed by atoms with Crippen molar-refractivity contribution >= 4 is 16.5 Å². The first-order chi connectivity index (χ1) is 11.4. The molecule has 0 amide bonds. The Labute approximate surface area is 143 Å². The molecule has 0 spiro atoms. The van der Waals surface area contributed by atoms with Crippen LogP contribution in [0.1, 0.15) is 23.2 Å². The summed E-state index contributed by atoms with van der Waals surface area (Å²) in [5.74, 6) is 0. The second kappa shape index (κ2) is 7.11. The molecule has 130 valence electrons. The first kappa shape index (κ1) is 17.2. The van der Waals surface area contributed by atoms with E-state index in [4.69, 9.17) is 0 Å². The maximum atomic E-state index is 12.6. The first-order valence-corrected chi connectivity index (χ1v) is 8.85. The normalized spacial score (nSPS) is 17.1. The van der Waals surface area contributed by atoms with E-state index in [2.05, 4.69) is 20.2 Å². The number of nitrogens with zero attached hydrogens (tertiary/aromatic N) is 3. The van der Waals surface area contributed by atoms with Gasteiger partial charge in [0.05, 0.1) is 11.3 Å². The molecule has 2 aromatic rings. The summed E-state index contributed by atoms with van der Waals surface area (Å²) in [5.41, 5.74) is 1.37. The van der Waals surface area contributed by atoms with Crippen molar-refractivity contribution in [2.45, 2.75) is 26.1 Å². The average Bonchev–Trinajstić information content (AvgIpc) is 2.83. The van der Waals surface area contributed by atoms with Gasteiger partial charge in [-0.3, -0.25) is 4.90 Å². The molecule has 1 aromatic carbocycles. The van der Waals surface area contributed by atoms with Gasteiger partial charge >= 0.3 is 6.18 Å². The molecule has 1 aliphatic rings. The molecule has 1 fully saturated rings. The van der Waals surface area contributed by atoms with Gasteiger partial charge in [-0.05, 0) is 31.0 Å². The molecule has 3 nitrogen and oxygen atoms in total. The van der Waals surface area contributed by atoms with Crippen molar-refractivity contribution in [1.29, 1.82) is 0 Å². The van der Waals surface area contributed by atoms with E-state index in [1.54, 1.807) is 23.5 Å². The minimum Gasteiger partial charge on any atom is -0.347 e. The minimum absolute atomic E-state index is 0.590. The van der Waals surface area contributed by atoms with E-state index in [9.17, 15) is 13.2 Å². The molecule has 0 N–H and O–H groups in total. The van der Waals surface area contributed by atoms with Crippen molar-refractivity contribution in [3.05, 3.63) is 46.5 Å². The SMILES string of the molecule is Cc1csc(N2CCCN(Cc3ccc(C(F)(F)F)cc3)CC2)n1. The Kier molecular flexibility index (Phi) is 5.10. The number of rotatable bonds is 3. The smallest absolute Gasteiger partial charge is 0.347 e. The molecular weight excluding hydrogens is 335 g/mol. The second-order valence-corrected chi connectivity index (χ2v) is 6.92. The van der Waals surface area contributed by atoms with Crippen LogP contribution in [0.15, 0.2) is 29.6 Å². The second-order valence-electron chi connectivity index (χ2n) is 6.08. The Morgan fingerprint density at radius 3 is 2.46 bits per heavy atom. The quantitative estimate of drug-likeness (QED) is 0.823. The highest BCUT2D eigenvalue weighted by atomic mass is 32.1. The van der Waals surface area contributed by atoms with E-state index in [1.165, 1.54) is 0 Å². The van der Waals surface area contributed by atoms with Crippen LogP contribution in [0.4, 0.5) is 18.3 Å². The van der Waals surface area contributed by atoms with Gasteiger partial charge < -0.3 is 4.90 Å². The molecule has 2 heterocycles. The summed E-state index contributed by atoms with van der Waals surface area (Å²) in [7, 11) is 0. The maximum Gasteiger partial charge on any atom is 0.416 e. The number of aryl methyl sites for hydroxylation is 1. The standard InChI is InChI=1S/C17H20F3N3S/c1-13-12-24-16(21-13)23-8-2-7-22(9-10-23)11-14-3-5-15(6-4-14)17(18,19)20/h3-6,12H,2,7-11H2,1H3. The number of halogens is 3. The van der Waals surface area contributed by atoms with Gasteiger partial charge in [-0.25, -0.2) is 4.98 Å². The van der Waals surface area contributed by atoms with Crippen LogP contribution in [-0.4, -0.2) is 36.1 Å². The zero-order chi connectivity index (χ0) is 17.2. The lowest BCUT2D eigenvalue weighted by Gasteiger charge is -2.21. The fourth-order valence-corrected chi connectivity index (χ4v) is 3.72. The molecule has 0 radical (unpaired) electrons. The third kappa shape index (κ3) is 4.27. The molecule has 0 bridgehead atoms. The Morgan fingerprint density at radius 1 is 1.08 bits per heavy atom. The van der Waals surface area contributed by atoms with Crippen molar-refractivity contribution in [1.82, 2.24) is 9.88 Å². The van der Waals surface area contributed by atoms with Gasteiger partial charge in [0.1, 0.15) is 0 Å². The highest BCUT2D eigenvalue weighted by Crippen LogP contribution is 2.29. The predicted octanol–water partition coefficient (Wildman–Crippen LogP) is 4.18. The van der Waals surface area contributed by atoms with E-state index < -0.39 is 11.7 Å². The zero-order valence-electron chi connectivity index (χ0n) is 13.5. The van der Waals surface area contributed by atoms with Crippen LogP contribution in [0, 0.1) is 6.92 Å². The van der Waals surface area contributed by atoms with Crippen LogP contribution in [-0.2, 0) is 12.7 Å². The summed E-state index contributed by atoms with van der Waals surface area (Å²) >= 11 is 1.66. The van der Waals surface area contributed by atoms with Crippen molar-refractivity contribution in [2.24, 2.45) is 0 Å². The van der Waals surface area contributed by atoms with Gasteiger partial charge in [-0.1, -0.05) is 12.1 Å². The summed E-state index contributed by atoms with van der Waals surface area (Å²) in [6.45, 7) is 6.38. The van der Waals surface area contributed by atoms with Gasteiger partial charge in [0.25, 0.3) is 0 Å². The van der Waals surface area contributed by atoms with Gasteiger partial charge in [0, 0.05) is 38.1 Å². The van der Waals surface area contributed by atoms with E-state index >= 15 is 0 Å². The van der Waals surface area contributed by atoms with Crippen LogP contribution in [0.3, 0.4) is 0 Å². The minimum atomic E-state index is -4.27. The number of hydrogen-bond donors (Lipinski definition) is 0. The third-order valence-corrected chi connectivity index (χ3v) is 5.17. The summed E-state index contributed by atoms with van der Waals surface area (Å²) < 4.78 is 37.9. The Hall–Kier alpha value is -1.60. The lowest BCUT2D eigenvalue weighted by Crippen LogP contribution is -2.30. The van der Waals surface area contributed by atoms with Gasteiger partial charge in [-0.2, -0.15) is 13.2 Å². The predicted molar refractivity (Wildman–Crippen MR) is 90.4 cm³/mol. The Morgan fingerprint density at radius 2 is 1.83 bits per heavy atom. The van der Waals surface area contributed by atoms with Crippen LogP contribution in [0.5, 0.6) is 0 Å². The summed E-state index contributed by atoms with van der Waals surface area (Å²) in [6, 6.07) is 5.49. The van der Waals surface area contributed by atoms with Crippen LogP contribution in [0.2, 0.25) is 0 Å². The number of benzene rings is 1. The van der Waals surface area contributed by atoms with Crippen LogP contribution in [0.25, 0.3) is 0 Å². The van der Waals surface area contributed by atoms with Gasteiger partial charge in [0.2, 0.25) is 0 Å². The molecule has 1 saturated heterocycles. The highest BCUT2D eigenvalue weighted by Gasteiger charge is 2.30. The van der Waals surface area contributed by atoms with Gasteiger partial charge in [-0.15, -0.1) is 11.3 Å².